The molecular formula is C32H42ClF3N4O4. The van der Waals surface area contributed by atoms with E-state index in [2.05, 4.69) is 33.0 Å². The number of hydrogen-bond donors (Lipinski definition) is 1. The number of carboxylic acids is 1. The molecule has 2 saturated heterocycles. The number of fused-ring (bicyclic) bond motifs is 1. The van der Waals surface area contributed by atoms with Gasteiger partial charge in [0.15, 0.2) is 0 Å². The SMILES string of the molecule is Clc1ccc(OCc2nc3c(OCCCN4CCCCC4)cccc3n2CCCC2CCC[NH2+]C2)cc1.O=C([O-])C(F)(F)F. The number of piperidine rings is 2. The second-order valence-corrected chi connectivity index (χ2v) is 11.8. The van der Waals surface area contributed by atoms with E-state index in [-0.39, 0.29) is 0 Å². The van der Waals surface area contributed by atoms with Crippen molar-refractivity contribution in [1.82, 2.24) is 14.5 Å². The Morgan fingerprint density at radius 3 is 2.45 bits per heavy atom. The second-order valence-electron chi connectivity index (χ2n) is 11.4. The number of para-hydroxylation sites is 1. The van der Waals surface area contributed by atoms with Crippen molar-refractivity contribution in [3.8, 4) is 11.5 Å². The third kappa shape index (κ3) is 10.6. The van der Waals surface area contributed by atoms with Gasteiger partial charge in [0.2, 0.25) is 0 Å². The largest absolute Gasteiger partial charge is 0.542 e. The zero-order chi connectivity index (χ0) is 31.4. The molecule has 242 valence electrons. The van der Waals surface area contributed by atoms with Crippen LogP contribution in [0, 0.1) is 5.92 Å². The lowest BCUT2D eigenvalue weighted by Crippen LogP contribution is -2.87. The summed E-state index contributed by atoms with van der Waals surface area (Å²) in [6.45, 7) is 8.22. The van der Waals surface area contributed by atoms with E-state index in [1.54, 1.807) is 0 Å². The van der Waals surface area contributed by atoms with E-state index in [0.29, 0.717) is 11.6 Å². The first-order valence-corrected chi connectivity index (χ1v) is 15.9. The van der Waals surface area contributed by atoms with Crippen LogP contribution < -0.4 is 19.9 Å². The topological polar surface area (TPSA) is 96.3 Å². The summed E-state index contributed by atoms with van der Waals surface area (Å²) in [6, 6.07) is 13.9. The number of aromatic nitrogens is 2. The van der Waals surface area contributed by atoms with E-state index in [1.807, 2.05) is 24.3 Å². The quantitative estimate of drug-likeness (QED) is 0.292. The van der Waals surface area contributed by atoms with Crippen molar-refractivity contribution in [1.29, 1.82) is 0 Å². The van der Waals surface area contributed by atoms with Gasteiger partial charge < -0.3 is 34.2 Å². The normalized spacial score (nSPS) is 17.6. The molecule has 44 heavy (non-hydrogen) atoms. The highest BCUT2D eigenvalue weighted by Crippen LogP contribution is 2.28. The summed E-state index contributed by atoms with van der Waals surface area (Å²) in [5, 5.41) is 12.0. The summed E-state index contributed by atoms with van der Waals surface area (Å²) in [5.41, 5.74) is 2.08. The predicted molar refractivity (Wildman–Crippen MR) is 161 cm³/mol. The van der Waals surface area contributed by atoms with Crippen molar-refractivity contribution >= 4 is 28.6 Å². The zero-order valence-electron chi connectivity index (χ0n) is 25.0. The molecule has 0 bridgehead atoms. The lowest BCUT2D eigenvalue weighted by molar-refractivity contribution is -0.669. The van der Waals surface area contributed by atoms with E-state index in [9.17, 15) is 13.2 Å². The van der Waals surface area contributed by atoms with Gasteiger partial charge in [-0.3, -0.25) is 0 Å². The summed E-state index contributed by atoms with van der Waals surface area (Å²) in [4.78, 5) is 16.4. The van der Waals surface area contributed by atoms with E-state index in [1.165, 1.54) is 64.7 Å². The van der Waals surface area contributed by atoms with Gasteiger partial charge in [-0.2, -0.15) is 13.2 Å². The molecule has 0 saturated carbocycles. The Morgan fingerprint density at radius 1 is 1.02 bits per heavy atom. The molecule has 3 aromatic rings. The van der Waals surface area contributed by atoms with Crippen LogP contribution in [0.2, 0.25) is 5.02 Å². The summed E-state index contributed by atoms with van der Waals surface area (Å²) >= 11 is 6.05. The number of aryl methyl sites for hydroxylation is 1. The number of ether oxygens (including phenoxy) is 2. The Balaban J connectivity index is 0.000000566. The molecule has 2 aromatic carbocycles. The van der Waals surface area contributed by atoms with E-state index < -0.39 is 12.1 Å². The highest BCUT2D eigenvalue weighted by molar-refractivity contribution is 6.30. The standard InChI is InChI=1S/C30H41ClN4O2.C2HF3O2/c31-25-12-14-26(15-13-25)37-23-29-33-30-27(35(29)20-6-9-24-8-5-16-32-22-24)10-4-11-28(30)36-21-7-19-34-17-2-1-3-18-34;3-2(4,5)1(6)7/h4,10-15,24,32H,1-3,5-9,16-23H2;(H,6,7). The number of carboxylic acid groups (broad SMARTS) is 1. The molecule has 5 rings (SSSR count). The molecule has 0 amide bonds. The molecule has 1 atom stereocenters. The molecule has 0 aliphatic carbocycles. The fourth-order valence-corrected chi connectivity index (χ4v) is 5.93. The van der Waals surface area contributed by atoms with Crippen LogP contribution in [0.5, 0.6) is 11.5 Å². The molecule has 2 aliphatic heterocycles. The smallest absolute Gasteiger partial charge is 0.430 e. The fourth-order valence-electron chi connectivity index (χ4n) is 5.80. The van der Waals surface area contributed by atoms with Crippen molar-refractivity contribution in [2.75, 3.05) is 39.3 Å². The van der Waals surface area contributed by atoms with Gasteiger partial charge in [-0.15, -0.1) is 0 Å². The maximum Gasteiger partial charge on any atom is 0.430 e. The summed E-state index contributed by atoms with van der Waals surface area (Å²) in [6.07, 6.45) is 5.01. The molecular weight excluding hydrogens is 597 g/mol. The lowest BCUT2D eigenvalue weighted by atomic mass is 9.95. The third-order valence-electron chi connectivity index (χ3n) is 8.07. The number of benzene rings is 2. The van der Waals surface area contributed by atoms with Crippen LogP contribution >= 0.6 is 11.6 Å². The summed E-state index contributed by atoms with van der Waals surface area (Å²) in [5.74, 6) is 0.451. The van der Waals surface area contributed by atoms with Crippen LogP contribution in [0.25, 0.3) is 11.0 Å². The molecule has 3 heterocycles. The second kappa shape index (κ2) is 16.9. The Morgan fingerprint density at radius 2 is 1.77 bits per heavy atom. The number of carbonyl (C=O) groups is 1. The minimum Gasteiger partial charge on any atom is -0.542 e. The van der Waals surface area contributed by atoms with Crippen LogP contribution in [-0.2, 0) is 17.9 Å². The molecule has 0 spiro atoms. The van der Waals surface area contributed by atoms with Gasteiger partial charge in [0.25, 0.3) is 0 Å². The van der Waals surface area contributed by atoms with Crippen LogP contribution in [0.1, 0.15) is 57.2 Å². The Labute approximate surface area is 261 Å². The van der Waals surface area contributed by atoms with Crippen molar-refractivity contribution in [2.24, 2.45) is 5.92 Å². The number of hydrogen-bond acceptors (Lipinski definition) is 6. The molecule has 1 unspecified atom stereocenters. The highest BCUT2D eigenvalue weighted by Gasteiger charge is 2.28. The van der Waals surface area contributed by atoms with E-state index >= 15 is 0 Å². The zero-order valence-corrected chi connectivity index (χ0v) is 25.8. The number of rotatable bonds is 12. The minimum atomic E-state index is -5.19. The number of aliphatic carboxylic acids is 1. The van der Waals surface area contributed by atoms with Gasteiger partial charge in [0, 0.05) is 24.0 Å². The van der Waals surface area contributed by atoms with Crippen molar-refractivity contribution in [3.63, 3.8) is 0 Å². The summed E-state index contributed by atoms with van der Waals surface area (Å²) < 4.78 is 46.3. The summed E-state index contributed by atoms with van der Waals surface area (Å²) in [7, 11) is 0. The Kier molecular flexibility index (Phi) is 13.0. The molecule has 8 nitrogen and oxygen atoms in total. The number of likely N-dealkylation sites (tertiary alicyclic amines) is 1. The van der Waals surface area contributed by atoms with Crippen molar-refractivity contribution in [3.05, 3.63) is 53.3 Å². The van der Waals surface area contributed by atoms with Crippen molar-refractivity contribution in [2.45, 2.75) is 70.7 Å². The number of nitrogens with two attached hydrogens (primary N) is 1. The molecule has 12 heteroatoms. The molecule has 2 N–H and O–H groups in total. The Hall–Kier alpha value is -3.02. The average Bonchev–Trinajstić information content (AvgIpc) is 3.38. The van der Waals surface area contributed by atoms with Gasteiger partial charge in [-0.1, -0.05) is 24.1 Å². The van der Waals surface area contributed by atoms with Gasteiger partial charge in [0.1, 0.15) is 35.4 Å². The third-order valence-corrected chi connectivity index (χ3v) is 8.33. The monoisotopic (exact) mass is 638 g/mol. The van der Waals surface area contributed by atoms with E-state index in [4.69, 9.17) is 36.0 Å². The average molecular weight is 639 g/mol. The molecule has 0 radical (unpaired) electrons. The van der Waals surface area contributed by atoms with Crippen LogP contribution in [0.4, 0.5) is 13.2 Å². The first kappa shape index (κ1) is 33.9. The molecule has 2 fully saturated rings. The van der Waals surface area contributed by atoms with E-state index in [0.717, 1.165) is 66.8 Å². The first-order valence-electron chi connectivity index (χ1n) is 15.5. The van der Waals surface area contributed by atoms with Gasteiger partial charge in [-0.05, 0) is 94.4 Å². The fraction of sp³-hybridized carbons (Fsp3) is 0.562. The van der Waals surface area contributed by atoms with Crippen LogP contribution in [0.15, 0.2) is 42.5 Å². The number of quaternary nitrogens is 1. The number of imidazole rings is 1. The number of carbonyl (C=O) groups excluding carboxylic acids is 1. The van der Waals surface area contributed by atoms with Crippen LogP contribution in [-0.4, -0.2) is 65.9 Å². The Bertz CT molecular complexity index is 1310. The van der Waals surface area contributed by atoms with Gasteiger partial charge in [0.05, 0.1) is 25.2 Å². The number of nitrogens with zero attached hydrogens (tertiary/aromatic N) is 3. The van der Waals surface area contributed by atoms with Crippen LogP contribution in [0.3, 0.4) is 0 Å². The maximum absolute atomic E-state index is 10.5. The highest BCUT2D eigenvalue weighted by atomic mass is 35.5. The van der Waals surface area contributed by atoms with Gasteiger partial charge in [-0.25, -0.2) is 4.98 Å². The molecule has 2 aliphatic rings. The predicted octanol–water partition coefficient (Wildman–Crippen LogP) is 4.58. The lowest BCUT2D eigenvalue weighted by Gasteiger charge is -2.26. The van der Waals surface area contributed by atoms with Gasteiger partial charge >= 0.3 is 6.18 Å². The minimum absolute atomic E-state index is 0.419. The first-order chi connectivity index (χ1) is 21.2. The number of alkyl halides is 3. The number of halogens is 4. The maximum atomic E-state index is 10.5. The van der Waals surface area contributed by atoms with Crippen molar-refractivity contribution < 1.29 is 37.9 Å². The molecule has 1 aromatic heterocycles.